The highest BCUT2D eigenvalue weighted by atomic mass is 14.9. The van der Waals surface area contributed by atoms with E-state index in [9.17, 15) is 0 Å². The Hall–Kier alpha value is -0.0800. The first-order valence-corrected chi connectivity index (χ1v) is 5.12. The molecule has 0 radical (unpaired) electrons. The molecule has 0 saturated heterocycles. The van der Waals surface area contributed by atoms with Crippen LogP contribution in [-0.4, -0.2) is 18.6 Å². The Morgan fingerprint density at radius 3 is 2.42 bits per heavy atom. The molecule has 0 aromatic rings. The minimum Gasteiger partial charge on any atom is -0.324 e. The van der Waals surface area contributed by atoms with Crippen LogP contribution in [-0.2, 0) is 0 Å². The predicted molar refractivity (Wildman–Crippen MR) is 55.3 cm³/mol. The predicted octanol–water partition coefficient (Wildman–Crippen LogP) is 1.89. The van der Waals surface area contributed by atoms with Gasteiger partial charge in [-0.05, 0) is 26.3 Å². The molecule has 1 atom stereocenters. The van der Waals surface area contributed by atoms with Crippen molar-refractivity contribution in [2.75, 3.05) is 13.1 Å². The molecule has 0 spiro atoms. The Morgan fingerprint density at radius 1 is 1.25 bits per heavy atom. The molecule has 12 heavy (non-hydrogen) atoms. The van der Waals surface area contributed by atoms with Gasteiger partial charge in [0, 0.05) is 12.1 Å². The smallest absolute Gasteiger partial charge is 0.0252 e. The van der Waals surface area contributed by atoms with Crippen molar-refractivity contribution in [3.63, 3.8) is 0 Å². The Morgan fingerprint density at radius 2 is 1.92 bits per heavy atom. The van der Waals surface area contributed by atoms with Gasteiger partial charge >= 0.3 is 0 Å². The van der Waals surface area contributed by atoms with Crippen molar-refractivity contribution in [1.29, 1.82) is 0 Å². The lowest BCUT2D eigenvalue weighted by Crippen LogP contribution is -2.46. The summed E-state index contributed by atoms with van der Waals surface area (Å²) in [4.78, 5) is 0. The fourth-order valence-corrected chi connectivity index (χ4v) is 1.34. The summed E-state index contributed by atoms with van der Waals surface area (Å²) < 4.78 is 0. The zero-order valence-electron chi connectivity index (χ0n) is 8.82. The molecule has 3 N–H and O–H groups in total. The summed E-state index contributed by atoms with van der Waals surface area (Å²) in [7, 11) is 0. The van der Waals surface area contributed by atoms with Crippen LogP contribution in [0.1, 0.15) is 46.5 Å². The van der Waals surface area contributed by atoms with Crippen LogP contribution in [0.2, 0.25) is 0 Å². The summed E-state index contributed by atoms with van der Waals surface area (Å²) in [5.41, 5.74) is 6.04. The normalized spacial score (nSPS) is 16.0. The van der Waals surface area contributed by atoms with Gasteiger partial charge in [0.2, 0.25) is 0 Å². The molecule has 0 aliphatic heterocycles. The molecule has 0 aliphatic rings. The highest BCUT2D eigenvalue weighted by Crippen LogP contribution is 2.06. The first-order chi connectivity index (χ1) is 5.62. The highest BCUT2D eigenvalue weighted by molar-refractivity contribution is 4.80. The second-order valence-electron chi connectivity index (χ2n) is 3.93. The molecular formula is C10H24N2. The van der Waals surface area contributed by atoms with Gasteiger partial charge in [-0.2, -0.15) is 0 Å². The fourth-order valence-electron chi connectivity index (χ4n) is 1.34. The molecule has 74 valence electrons. The number of hydrogen-bond acceptors (Lipinski definition) is 2. The van der Waals surface area contributed by atoms with E-state index in [0.717, 1.165) is 19.5 Å². The van der Waals surface area contributed by atoms with Crippen LogP contribution in [0.5, 0.6) is 0 Å². The van der Waals surface area contributed by atoms with Crippen molar-refractivity contribution in [1.82, 2.24) is 5.32 Å². The lowest BCUT2D eigenvalue weighted by Gasteiger charge is -2.24. The maximum Gasteiger partial charge on any atom is 0.0252 e. The Kier molecular flexibility index (Phi) is 6.39. The average molecular weight is 172 g/mol. The van der Waals surface area contributed by atoms with E-state index >= 15 is 0 Å². The van der Waals surface area contributed by atoms with Crippen molar-refractivity contribution in [3.8, 4) is 0 Å². The van der Waals surface area contributed by atoms with Gasteiger partial charge in [-0.1, -0.05) is 26.7 Å². The van der Waals surface area contributed by atoms with E-state index in [2.05, 4.69) is 26.1 Å². The van der Waals surface area contributed by atoms with E-state index in [1.54, 1.807) is 0 Å². The lowest BCUT2D eigenvalue weighted by molar-refractivity contribution is 0.396. The van der Waals surface area contributed by atoms with Crippen molar-refractivity contribution >= 4 is 0 Å². The second kappa shape index (κ2) is 6.44. The minimum absolute atomic E-state index is 0.0114. The summed E-state index contributed by atoms with van der Waals surface area (Å²) in [6, 6.07) is 0. The molecule has 2 nitrogen and oxygen atoms in total. The molecule has 0 aliphatic carbocycles. The van der Waals surface area contributed by atoms with E-state index in [-0.39, 0.29) is 5.54 Å². The second-order valence-corrected chi connectivity index (χ2v) is 3.93. The zero-order valence-corrected chi connectivity index (χ0v) is 8.82. The maximum atomic E-state index is 6.05. The van der Waals surface area contributed by atoms with E-state index in [1.807, 2.05) is 0 Å². The lowest BCUT2D eigenvalue weighted by atomic mass is 9.98. The molecule has 0 bridgehead atoms. The van der Waals surface area contributed by atoms with Crippen molar-refractivity contribution in [2.24, 2.45) is 5.73 Å². The number of unbranched alkanes of at least 4 members (excludes halogenated alkanes) is 1. The van der Waals surface area contributed by atoms with E-state index < -0.39 is 0 Å². The summed E-state index contributed by atoms with van der Waals surface area (Å²) in [5, 5.41) is 3.39. The average Bonchev–Trinajstić information content (AvgIpc) is 1.98. The first kappa shape index (κ1) is 11.9. The van der Waals surface area contributed by atoms with Crippen LogP contribution in [0.15, 0.2) is 0 Å². The number of nitrogens with one attached hydrogen (secondary N) is 1. The molecule has 1 unspecified atom stereocenters. The van der Waals surface area contributed by atoms with Gasteiger partial charge in [-0.15, -0.1) is 0 Å². The fraction of sp³-hybridized carbons (Fsp3) is 1.00. The van der Waals surface area contributed by atoms with Crippen molar-refractivity contribution in [3.05, 3.63) is 0 Å². The summed E-state index contributed by atoms with van der Waals surface area (Å²) in [6.45, 7) is 8.55. The summed E-state index contributed by atoms with van der Waals surface area (Å²) >= 11 is 0. The Bertz CT molecular complexity index is 100. The largest absolute Gasteiger partial charge is 0.324 e. The SMILES string of the molecule is CCCCNCC(C)(N)CCC. The maximum absolute atomic E-state index is 6.05. The third-order valence-electron chi connectivity index (χ3n) is 2.06. The van der Waals surface area contributed by atoms with Crippen molar-refractivity contribution < 1.29 is 0 Å². The topological polar surface area (TPSA) is 38.0 Å². The third-order valence-corrected chi connectivity index (χ3v) is 2.06. The molecule has 0 aromatic heterocycles. The van der Waals surface area contributed by atoms with E-state index in [0.29, 0.717) is 0 Å². The monoisotopic (exact) mass is 172 g/mol. The molecule has 0 aromatic carbocycles. The summed E-state index contributed by atoms with van der Waals surface area (Å²) in [5.74, 6) is 0. The van der Waals surface area contributed by atoms with Gasteiger partial charge in [-0.25, -0.2) is 0 Å². The van der Waals surface area contributed by atoms with Gasteiger partial charge in [-0.3, -0.25) is 0 Å². The van der Waals surface area contributed by atoms with Gasteiger partial charge in [0.05, 0.1) is 0 Å². The van der Waals surface area contributed by atoms with Gasteiger partial charge < -0.3 is 11.1 Å². The molecule has 2 heteroatoms. The molecule has 0 heterocycles. The Labute approximate surface area is 76.9 Å². The zero-order chi connectivity index (χ0) is 9.45. The van der Waals surface area contributed by atoms with Gasteiger partial charge in [0.1, 0.15) is 0 Å². The van der Waals surface area contributed by atoms with E-state index in [1.165, 1.54) is 19.3 Å². The van der Waals surface area contributed by atoms with Crippen LogP contribution in [0, 0.1) is 0 Å². The molecule has 0 amide bonds. The standard InChI is InChI=1S/C10H24N2/c1-4-6-8-12-9-10(3,11)7-5-2/h12H,4-9,11H2,1-3H3. The Balaban J connectivity index is 3.33. The molecule has 0 rings (SSSR count). The molecular weight excluding hydrogens is 148 g/mol. The number of rotatable bonds is 7. The van der Waals surface area contributed by atoms with Crippen molar-refractivity contribution in [2.45, 2.75) is 52.0 Å². The van der Waals surface area contributed by atoms with Gasteiger partial charge in [0.25, 0.3) is 0 Å². The molecule has 0 fully saturated rings. The molecule has 0 saturated carbocycles. The highest BCUT2D eigenvalue weighted by Gasteiger charge is 2.15. The van der Waals surface area contributed by atoms with Crippen LogP contribution < -0.4 is 11.1 Å². The van der Waals surface area contributed by atoms with Crippen LogP contribution in [0.3, 0.4) is 0 Å². The van der Waals surface area contributed by atoms with Crippen LogP contribution >= 0.6 is 0 Å². The first-order valence-electron chi connectivity index (χ1n) is 5.12. The van der Waals surface area contributed by atoms with Crippen LogP contribution in [0.25, 0.3) is 0 Å². The van der Waals surface area contributed by atoms with Gasteiger partial charge in [0.15, 0.2) is 0 Å². The summed E-state index contributed by atoms with van der Waals surface area (Å²) in [6.07, 6.45) is 4.78. The number of hydrogen-bond donors (Lipinski definition) is 2. The van der Waals surface area contributed by atoms with Crippen LogP contribution in [0.4, 0.5) is 0 Å². The quantitative estimate of drug-likeness (QED) is 0.576. The third kappa shape index (κ3) is 6.62. The minimum atomic E-state index is -0.0114. The number of nitrogens with two attached hydrogens (primary N) is 1. The van der Waals surface area contributed by atoms with E-state index in [4.69, 9.17) is 5.73 Å².